The highest BCUT2D eigenvalue weighted by Crippen LogP contribution is 2.16. The first-order valence-electron chi connectivity index (χ1n) is 6.85. The molecule has 18 heavy (non-hydrogen) atoms. The van der Waals surface area contributed by atoms with Gasteiger partial charge < -0.3 is 9.73 Å². The van der Waals surface area contributed by atoms with E-state index in [4.69, 9.17) is 4.42 Å². The van der Waals surface area contributed by atoms with E-state index < -0.39 is 0 Å². The number of hydrogen-bond donors (Lipinski definition) is 1. The van der Waals surface area contributed by atoms with E-state index in [1.54, 1.807) is 6.07 Å². The van der Waals surface area contributed by atoms with Gasteiger partial charge >= 0.3 is 0 Å². The van der Waals surface area contributed by atoms with Crippen molar-refractivity contribution in [2.24, 2.45) is 0 Å². The highest BCUT2D eigenvalue weighted by Gasteiger charge is 2.23. The number of likely N-dealkylation sites (tertiary alicyclic amines) is 1. The van der Waals surface area contributed by atoms with Crippen molar-refractivity contribution < 1.29 is 9.21 Å². The smallest absolute Gasteiger partial charge is 0.287 e. The quantitative estimate of drug-likeness (QED) is 0.870. The Morgan fingerprint density at radius 3 is 3.00 bits per heavy atom. The summed E-state index contributed by atoms with van der Waals surface area (Å²) in [5.74, 6) is 1.18. The first kappa shape index (κ1) is 13.1. The summed E-state index contributed by atoms with van der Waals surface area (Å²) in [5.41, 5.74) is 0. The zero-order chi connectivity index (χ0) is 13.0. The summed E-state index contributed by atoms with van der Waals surface area (Å²) in [6.45, 7) is 7.10. The number of aryl methyl sites for hydroxylation is 1. The van der Waals surface area contributed by atoms with Crippen LogP contribution in [0.3, 0.4) is 0 Å². The summed E-state index contributed by atoms with van der Waals surface area (Å²) in [6.07, 6.45) is 3.22. The summed E-state index contributed by atoms with van der Waals surface area (Å²) in [5, 5.41) is 2.97. The van der Waals surface area contributed by atoms with Crippen LogP contribution >= 0.6 is 0 Å². The molecule has 0 radical (unpaired) electrons. The van der Waals surface area contributed by atoms with Crippen LogP contribution in [0.2, 0.25) is 0 Å². The summed E-state index contributed by atoms with van der Waals surface area (Å²) in [6, 6.07) is 4.10. The third-order valence-corrected chi connectivity index (χ3v) is 3.64. The molecule has 4 nitrogen and oxygen atoms in total. The molecule has 0 spiro atoms. The Morgan fingerprint density at radius 2 is 2.33 bits per heavy atom. The van der Waals surface area contributed by atoms with Gasteiger partial charge in [-0.3, -0.25) is 9.69 Å². The van der Waals surface area contributed by atoms with Gasteiger partial charge in [0.25, 0.3) is 5.91 Å². The lowest BCUT2D eigenvalue weighted by Crippen LogP contribution is -2.39. The molecule has 1 N–H and O–H groups in total. The lowest BCUT2D eigenvalue weighted by atomic mass is 10.2. The topological polar surface area (TPSA) is 45.5 Å². The first-order valence-corrected chi connectivity index (χ1v) is 6.85. The highest BCUT2D eigenvalue weighted by molar-refractivity contribution is 5.91. The van der Waals surface area contributed by atoms with E-state index >= 15 is 0 Å². The molecule has 1 amide bonds. The molecule has 1 fully saturated rings. The Labute approximate surface area is 108 Å². The highest BCUT2D eigenvalue weighted by atomic mass is 16.3. The van der Waals surface area contributed by atoms with Crippen LogP contribution in [0.1, 0.15) is 43.0 Å². The fourth-order valence-corrected chi connectivity index (χ4v) is 2.53. The molecule has 1 atom stereocenters. The average molecular weight is 250 g/mol. The van der Waals surface area contributed by atoms with Crippen molar-refractivity contribution in [3.05, 3.63) is 23.7 Å². The lowest BCUT2D eigenvalue weighted by molar-refractivity contribution is 0.0912. The minimum absolute atomic E-state index is 0.0994. The van der Waals surface area contributed by atoms with Crippen molar-refractivity contribution in [3.63, 3.8) is 0 Å². The van der Waals surface area contributed by atoms with Gasteiger partial charge in [0.2, 0.25) is 0 Å². The monoisotopic (exact) mass is 250 g/mol. The second-order valence-corrected chi connectivity index (χ2v) is 4.75. The van der Waals surface area contributed by atoms with Gasteiger partial charge in [-0.05, 0) is 38.1 Å². The van der Waals surface area contributed by atoms with Crippen LogP contribution in [0, 0.1) is 0 Å². The summed E-state index contributed by atoms with van der Waals surface area (Å²) >= 11 is 0. The van der Waals surface area contributed by atoms with Crippen molar-refractivity contribution in [3.8, 4) is 0 Å². The molecule has 100 valence electrons. The molecule has 1 saturated heterocycles. The fourth-order valence-electron chi connectivity index (χ4n) is 2.53. The van der Waals surface area contributed by atoms with E-state index in [0.29, 0.717) is 11.8 Å². The molecule has 1 aliphatic rings. The van der Waals surface area contributed by atoms with Crippen LogP contribution in [-0.2, 0) is 6.42 Å². The van der Waals surface area contributed by atoms with Gasteiger partial charge in [0.1, 0.15) is 5.76 Å². The minimum Gasteiger partial charge on any atom is -0.456 e. The molecule has 1 aliphatic heterocycles. The molecule has 1 aromatic rings. The second-order valence-electron chi connectivity index (χ2n) is 4.75. The Hall–Kier alpha value is -1.29. The van der Waals surface area contributed by atoms with Crippen LogP contribution in [0.15, 0.2) is 16.5 Å². The van der Waals surface area contributed by atoms with Crippen molar-refractivity contribution in [2.45, 2.75) is 39.2 Å². The van der Waals surface area contributed by atoms with Gasteiger partial charge in [0.05, 0.1) is 0 Å². The van der Waals surface area contributed by atoms with Crippen molar-refractivity contribution in [1.82, 2.24) is 10.2 Å². The maximum atomic E-state index is 11.9. The van der Waals surface area contributed by atoms with Gasteiger partial charge in [-0.1, -0.05) is 13.8 Å². The Balaban J connectivity index is 1.84. The molecule has 0 saturated carbocycles. The Bertz CT molecular complexity index is 400. The molecule has 0 aromatic carbocycles. The molecule has 0 unspecified atom stereocenters. The fraction of sp³-hybridized carbons (Fsp3) is 0.643. The maximum Gasteiger partial charge on any atom is 0.287 e. The van der Waals surface area contributed by atoms with Crippen LogP contribution < -0.4 is 5.32 Å². The van der Waals surface area contributed by atoms with Crippen LogP contribution in [0.5, 0.6) is 0 Å². The van der Waals surface area contributed by atoms with E-state index in [0.717, 1.165) is 31.8 Å². The predicted molar refractivity (Wildman–Crippen MR) is 70.7 cm³/mol. The molecule has 1 aromatic heterocycles. The van der Waals surface area contributed by atoms with Gasteiger partial charge in [-0.25, -0.2) is 0 Å². The van der Waals surface area contributed by atoms with Crippen LogP contribution in [0.4, 0.5) is 0 Å². The summed E-state index contributed by atoms with van der Waals surface area (Å²) < 4.78 is 5.44. The number of rotatable bonds is 5. The number of furan rings is 1. The third-order valence-electron chi connectivity index (χ3n) is 3.64. The normalized spacial score (nSPS) is 20.2. The van der Waals surface area contributed by atoms with Crippen molar-refractivity contribution in [2.75, 3.05) is 19.6 Å². The summed E-state index contributed by atoms with van der Waals surface area (Å²) in [4.78, 5) is 14.3. The van der Waals surface area contributed by atoms with E-state index in [9.17, 15) is 4.79 Å². The number of hydrogen-bond acceptors (Lipinski definition) is 3. The van der Waals surface area contributed by atoms with E-state index in [2.05, 4.69) is 17.1 Å². The van der Waals surface area contributed by atoms with Crippen LogP contribution in [-0.4, -0.2) is 36.5 Å². The molecule has 2 rings (SSSR count). The number of likely N-dealkylation sites (N-methyl/N-ethyl adjacent to an activating group) is 1. The summed E-state index contributed by atoms with van der Waals surface area (Å²) in [7, 11) is 0. The van der Waals surface area contributed by atoms with Crippen molar-refractivity contribution in [1.29, 1.82) is 0 Å². The molecule has 4 heteroatoms. The second kappa shape index (κ2) is 6.05. The molecule has 0 aliphatic carbocycles. The van der Waals surface area contributed by atoms with E-state index in [1.807, 2.05) is 13.0 Å². The van der Waals surface area contributed by atoms with Crippen molar-refractivity contribution >= 4 is 5.91 Å². The SMILES string of the molecule is CCc1ccc(C(=O)NC[C@H]2CCCN2CC)o1. The zero-order valence-electron chi connectivity index (χ0n) is 11.2. The molecule has 0 bridgehead atoms. The maximum absolute atomic E-state index is 11.9. The van der Waals surface area contributed by atoms with Gasteiger partial charge in [-0.2, -0.15) is 0 Å². The minimum atomic E-state index is -0.0994. The van der Waals surface area contributed by atoms with Crippen LogP contribution in [0.25, 0.3) is 0 Å². The molecule has 2 heterocycles. The van der Waals surface area contributed by atoms with E-state index in [-0.39, 0.29) is 5.91 Å². The number of nitrogens with one attached hydrogen (secondary N) is 1. The Kier molecular flexibility index (Phi) is 4.42. The molecular formula is C14H22N2O2. The van der Waals surface area contributed by atoms with E-state index in [1.165, 1.54) is 12.8 Å². The number of carbonyl (C=O) groups is 1. The number of nitrogens with zero attached hydrogens (tertiary/aromatic N) is 1. The lowest BCUT2D eigenvalue weighted by Gasteiger charge is -2.22. The molecular weight excluding hydrogens is 228 g/mol. The number of amides is 1. The number of carbonyl (C=O) groups excluding carboxylic acids is 1. The predicted octanol–water partition coefficient (Wildman–Crippen LogP) is 2.06. The standard InChI is InChI=1S/C14H22N2O2/c1-3-12-7-8-13(18-12)14(17)15-10-11-6-5-9-16(11)4-2/h7-8,11H,3-6,9-10H2,1-2H3,(H,15,17)/t11-/m1/s1. The van der Waals surface area contributed by atoms with Gasteiger partial charge in [0, 0.05) is 19.0 Å². The van der Waals surface area contributed by atoms with Gasteiger partial charge in [-0.15, -0.1) is 0 Å². The largest absolute Gasteiger partial charge is 0.456 e. The first-order chi connectivity index (χ1) is 8.74. The Morgan fingerprint density at radius 1 is 1.50 bits per heavy atom. The average Bonchev–Trinajstić information content (AvgIpc) is 3.04. The third kappa shape index (κ3) is 2.93. The zero-order valence-corrected chi connectivity index (χ0v) is 11.2. The van der Waals surface area contributed by atoms with Gasteiger partial charge in [0.15, 0.2) is 5.76 Å².